The van der Waals surface area contributed by atoms with Crippen molar-refractivity contribution in [3.05, 3.63) is 163 Å². The zero-order chi connectivity index (χ0) is 41.3. The minimum Gasteiger partial charge on any atom is -0.503 e. The zero-order valence-electron chi connectivity index (χ0n) is 35.7. The van der Waals surface area contributed by atoms with Crippen LogP contribution in [0.15, 0.2) is 134 Å². The van der Waals surface area contributed by atoms with E-state index in [1.54, 1.807) is 12.4 Å². The second-order valence-corrected chi connectivity index (χ2v) is 18.5. The molecule has 0 atom stereocenters. The molecule has 0 saturated carbocycles. The number of hydrogen-bond acceptors (Lipinski definition) is 4. The summed E-state index contributed by atoms with van der Waals surface area (Å²) in [6.07, 6.45) is 5.53. The molecule has 0 fully saturated rings. The van der Waals surface area contributed by atoms with E-state index in [0.29, 0.717) is 11.5 Å². The first-order valence-corrected chi connectivity index (χ1v) is 20.4. The molecule has 60 heavy (non-hydrogen) atoms. The van der Waals surface area contributed by atoms with Gasteiger partial charge in [0.25, 0.3) is 0 Å². The van der Waals surface area contributed by atoms with E-state index in [-0.39, 0.29) is 37.3 Å². The molecule has 0 aliphatic rings. The average Bonchev–Trinajstić information content (AvgIpc) is 3.76. The van der Waals surface area contributed by atoms with Crippen LogP contribution in [-0.2, 0) is 37.3 Å². The van der Waals surface area contributed by atoms with Crippen LogP contribution in [0.2, 0.25) is 0 Å². The van der Waals surface area contributed by atoms with Crippen molar-refractivity contribution in [2.75, 3.05) is 0 Å². The Hall–Kier alpha value is -5.84. The Morgan fingerprint density at radius 3 is 1.95 bits per heavy atom. The fraction of sp³-hybridized carbons (Fsp3) is 0.226. The Bertz CT molecular complexity index is 2980. The summed E-state index contributed by atoms with van der Waals surface area (Å²) in [6, 6.07) is 47.4. The summed E-state index contributed by atoms with van der Waals surface area (Å²) in [7, 11) is 0. The minimum absolute atomic E-state index is 0. The molecule has 0 spiro atoms. The van der Waals surface area contributed by atoms with Crippen molar-refractivity contribution in [2.45, 2.75) is 78.6 Å². The van der Waals surface area contributed by atoms with E-state index >= 15 is 0 Å². The third-order valence-electron chi connectivity index (χ3n) is 11.2. The van der Waals surface area contributed by atoms with E-state index in [9.17, 15) is 0 Å². The molecule has 7 heteroatoms. The van der Waals surface area contributed by atoms with Crippen LogP contribution in [-0.4, -0.2) is 24.1 Å². The van der Waals surface area contributed by atoms with E-state index in [1.807, 2.05) is 42.6 Å². The quantitative estimate of drug-likeness (QED) is 0.156. The normalized spacial score (nSPS) is 12.3. The van der Waals surface area contributed by atoms with Gasteiger partial charge in [-0.3, -0.25) is 9.97 Å². The third kappa shape index (κ3) is 7.47. The molecule has 302 valence electrons. The summed E-state index contributed by atoms with van der Waals surface area (Å²) in [5.41, 5.74) is 11.6. The Labute approximate surface area is 367 Å². The Morgan fingerprint density at radius 2 is 1.27 bits per heavy atom. The van der Waals surface area contributed by atoms with Gasteiger partial charge in [-0.25, -0.2) is 4.98 Å². The first-order chi connectivity index (χ1) is 28.1. The van der Waals surface area contributed by atoms with Crippen LogP contribution in [0, 0.1) is 12.1 Å². The smallest absolute Gasteiger partial charge is 0.503 e. The van der Waals surface area contributed by atoms with Gasteiger partial charge in [0.2, 0.25) is 0 Å². The molecule has 0 bridgehead atoms. The van der Waals surface area contributed by atoms with Gasteiger partial charge in [-0.1, -0.05) is 116 Å². The predicted octanol–water partition coefficient (Wildman–Crippen LogP) is 13.5. The van der Waals surface area contributed by atoms with E-state index in [1.165, 1.54) is 22.4 Å². The Morgan fingerprint density at radius 1 is 0.567 bits per heavy atom. The van der Waals surface area contributed by atoms with Crippen molar-refractivity contribution in [1.82, 2.24) is 24.1 Å². The van der Waals surface area contributed by atoms with Gasteiger partial charge in [0.05, 0.1) is 16.9 Å². The minimum atomic E-state index is -0.115. The average molecular weight is 967 g/mol. The molecule has 9 rings (SSSR count). The largest absolute Gasteiger partial charge is 2.00 e. The molecule has 4 aromatic heterocycles. The van der Waals surface area contributed by atoms with Gasteiger partial charge in [0.15, 0.2) is 0 Å². The second-order valence-electron chi connectivity index (χ2n) is 18.5. The van der Waals surface area contributed by atoms with E-state index < -0.39 is 0 Å². The van der Waals surface area contributed by atoms with Crippen LogP contribution < -0.4 is 4.74 Å². The van der Waals surface area contributed by atoms with Crippen molar-refractivity contribution in [2.24, 2.45) is 0 Å². The number of para-hydroxylation sites is 3. The van der Waals surface area contributed by atoms with Crippen molar-refractivity contribution >= 4 is 32.8 Å². The first-order valence-electron chi connectivity index (χ1n) is 20.4. The maximum atomic E-state index is 6.68. The maximum absolute atomic E-state index is 6.68. The van der Waals surface area contributed by atoms with E-state index in [4.69, 9.17) is 14.7 Å². The van der Waals surface area contributed by atoms with Gasteiger partial charge >= 0.3 is 21.1 Å². The van der Waals surface area contributed by atoms with Crippen molar-refractivity contribution in [3.8, 4) is 45.5 Å². The fourth-order valence-corrected chi connectivity index (χ4v) is 8.11. The van der Waals surface area contributed by atoms with Gasteiger partial charge < -0.3 is 13.9 Å². The van der Waals surface area contributed by atoms with Gasteiger partial charge in [-0.15, -0.1) is 41.3 Å². The number of aromatic nitrogens is 5. The van der Waals surface area contributed by atoms with Crippen LogP contribution in [0.1, 0.15) is 79.0 Å². The first kappa shape index (κ1) is 40.9. The number of rotatable bonds is 6. The van der Waals surface area contributed by atoms with Crippen LogP contribution >= 0.6 is 0 Å². The zero-order valence-corrected chi connectivity index (χ0v) is 37.9. The molecule has 0 radical (unpaired) electrons. The third-order valence-corrected chi connectivity index (χ3v) is 11.2. The topological polar surface area (TPSA) is 57.8 Å². The van der Waals surface area contributed by atoms with Crippen molar-refractivity contribution < 1.29 is 25.8 Å². The molecule has 0 N–H and O–H groups in total. The molecule has 0 aliphatic heterocycles. The molecular weight excluding hydrogens is 918 g/mol. The molecule has 6 nitrogen and oxygen atoms in total. The van der Waals surface area contributed by atoms with Crippen LogP contribution in [0.25, 0.3) is 66.9 Å². The molecular formula is C53H49N5OPt. The molecule has 0 aliphatic carbocycles. The monoisotopic (exact) mass is 966 g/mol. The van der Waals surface area contributed by atoms with Gasteiger partial charge in [0, 0.05) is 46.9 Å². The standard InChI is InChI=1S/C53H49N5O.Pt/c1-51(2,3)37-21-24-45-41(31-37)40-23-22-39(32-47(40)57(45)48-25-20-36(33-55-48)34-26-28-54-29-27-34)59-38-15-12-14-35(30-38)50-56-44-18-10-11-19-46(44)58(50)49-42(52(4,5)6)16-13-17-43(49)53(7,8)9;/h10-29,31,33H,1-9H3;/q-2;+2. The summed E-state index contributed by atoms with van der Waals surface area (Å²) in [5.74, 6) is 2.78. The maximum Gasteiger partial charge on any atom is 2.00 e. The summed E-state index contributed by atoms with van der Waals surface area (Å²) in [6.45, 7) is 20.4. The van der Waals surface area contributed by atoms with E-state index in [0.717, 1.165) is 61.2 Å². The number of nitrogens with zero attached hydrogens (tertiary/aromatic N) is 5. The number of fused-ring (bicyclic) bond motifs is 4. The summed E-state index contributed by atoms with van der Waals surface area (Å²) >= 11 is 0. The van der Waals surface area contributed by atoms with Gasteiger partial charge in [-0.2, -0.15) is 6.07 Å². The van der Waals surface area contributed by atoms with Crippen LogP contribution in [0.5, 0.6) is 11.5 Å². The fourth-order valence-electron chi connectivity index (χ4n) is 8.11. The Balaban J connectivity index is 0.00000499. The van der Waals surface area contributed by atoms with Crippen molar-refractivity contribution in [1.29, 1.82) is 0 Å². The molecule has 9 aromatic rings. The molecule has 5 aromatic carbocycles. The van der Waals surface area contributed by atoms with Gasteiger partial charge in [0.1, 0.15) is 5.82 Å². The molecule has 0 amide bonds. The number of benzene rings is 5. The van der Waals surface area contributed by atoms with E-state index in [2.05, 4.69) is 167 Å². The van der Waals surface area contributed by atoms with Crippen LogP contribution in [0.4, 0.5) is 0 Å². The number of ether oxygens (including phenoxy) is 1. The number of pyridine rings is 2. The molecule has 0 unspecified atom stereocenters. The second kappa shape index (κ2) is 15.3. The summed E-state index contributed by atoms with van der Waals surface area (Å²) < 4.78 is 11.2. The van der Waals surface area contributed by atoms with Crippen molar-refractivity contribution in [3.63, 3.8) is 0 Å². The summed E-state index contributed by atoms with van der Waals surface area (Å²) in [5, 5.41) is 2.23. The summed E-state index contributed by atoms with van der Waals surface area (Å²) in [4.78, 5) is 14.4. The molecule has 0 saturated heterocycles. The number of imidazole rings is 1. The predicted molar refractivity (Wildman–Crippen MR) is 242 cm³/mol. The SMILES string of the molecule is CC(C)(C)c1ccc2c(c1)c1ccc(Oc3[c-]c(-c4nc5ccccc5n4-c4c(C(C)(C)C)cccc4C(C)(C)C)ccc3)[c-]c1n2-c1ccc(-c2ccncc2)cn1.[Pt+2]. The van der Waals surface area contributed by atoms with Crippen LogP contribution in [0.3, 0.4) is 0 Å². The molecule has 4 heterocycles. The Kier molecular flexibility index (Phi) is 10.4. The van der Waals surface area contributed by atoms with Gasteiger partial charge in [-0.05, 0) is 86.3 Å². The number of hydrogen-bond donors (Lipinski definition) is 0.